The molecule has 0 saturated heterocycles. The number of rotatable bonds is 3. The molecule has 0 aliphatic rings. The van der Waals surface area contributed by atoms with Crippen LogP contribution in [0.25, 0.3) is 0 Å². The maximum atomic E-state index is 9.95. The lowest BCUT2D eigenvalue weighted by Gasteiger charge is -1.97. The van der Waals surface area contributed by atoms with Crippen LogP contribution in [0.4, 0.5) is 0 Å². The first kappa shape index (κ1) is 9.25. The zero-order valence-corrected chi connectivity index (χ0v) is 7.10. The van der Waals surface area contributed by atoms with Gasteiger partial charge in [-0.3, -0.25) is 10.1 Å². The van der Waals surface area contributed by atoms with Crippen LogP contribution in [0, 0.1) is 0 Å². The lowest BCUT2D eigenvalue weighted by Crippen LogP contribution is -2.30. The molecule has 3 N–H and O–H groups in total. The predicted molar refractivity (Wildman–Crippen MR) is 51.0 cm³/mol. The second kappa shape index (κ2) is 4.92. The largest absolute Gasteiger partial charge is 0.370 e. The number of nitrogens with two attached hydrogens (primary N) is 1. The van der Waals surface area contributed by atoms with E-state index in [0.29, 0.717) is 13.0 Å². The molecule has 1 aromatic carbocycles. The molecule has 0 aliphatic heterocycles. The van der Waals surface area contributed by atoms with Gasteiger partial charge >= 0.3 is 0 Å². The highest BCUT2D eigenvalue weighted by atomic mass is 16.1. The smallest absolute Gasteiger partial charge is 0.213 e. The third kappa shape index (κ3) is 3.37. The van der Waals surface area contributed by atoms with Crippen LogP contribution in [0.1, 0.15) is 5.56 Å². The third-order valence-corrected chi connectivity index (χ3v) is 1.48. The molecule has 0 unspecified atom stereocenters. The van der Waals surface area contributed by atoms with E-state index in [0.717, 1.165) is 5.56 Å². The Hall–Kier alpha value is -1.84. The Morgan fingerprint density at radius 1 is 1.46 bits per heavy atom. The van der Waals surface area contributed by atoms with Crippen molar-refractivity contribution in [3.8, 4) is 0 Å². The van der Waals surface area contributed by atoms with Crippen LogP contribution in [0.15, 0.2) is 35.3 Å². The van der Waals surface area contributed by atoms with E-state index in [-0.39, 0.29) is 5.96 Å². The summed E-state index contributed by atoms with van der Waals surface area (Å²) in [6, 6.07) is 9.66. The van der Waals surface area contributed by atoms with Gasteiger partial charge in [0.2, 0.25) is 6.41 Å². The number of hydrogen-bond acceptors (Lipinski definition) is 2. The zero-order valence-electron chi connectivity index (χ0n) is 7.10. The molecule has 0 heterocycles. The number of carbonyl (C=O) groups excluding carboxylic acids is 1. The highest BCUT2D eigenvalue weighted by Gasteiger charge is 1.89. The standard InChI is InChI=1S/C9H11N3O/c10-9(12-7-13)11-6-8-4-2-1-3-5-8/h1-5,7H,6H2,(H3,10,11,12,13). The van der Waals surface area contributed by atoms with Crippen LogP contribution in [-0.2, 0) is 11.3 Å². The van der Waals surface area contributed by atoms with Gasteiger partial charge in [-0.05, 0) is 5.56 Å². The summed E-state index contributed by atoms with van der Waals surface area (Å²) < 4.78 is 0. The van der Waals surface area contributed by atoms with E-state index in [4.69, 9.17) is 5.73 Å². The molecule has 0 aliphatic carbocycles. The molecular weight excluding hydrogens is 166 g/mol. The number of carbonyl (C=O) groups is 1. The Morgan fingerprint density at radius 3 is 2.77 bits per heavy atom. The van der Waals surface area contributed by atoms with E-state index in [1.807, 2.05) is 30.3 Å². The van der Waals surface area contributed by atoms with Gasteiger partial charge in [0.25, 0.3) is 0 Å². The fourth-order valence-corrected chi connectivity index (χ4v) is 0.866. The van der Waals surface area contributed by atoms with Gasteiger partial charge in [0, 0.05) is 0 Å². The minimum absolute atomic E-state index is 0.138. The van der Waals surface area contributed by atoms with Crippen molar-refractivity contribution in [1.82, 2.24) is 5.32 Å². The molecule has 0 spiro atoms. The Morgan fingerprint density at radius 2 is 2.15 bits per heavy atom. The average molecular weight is 177 g/mol. The molecule has 4 nitrogen and oxygen atoms in total. The van der Waals surface area contributed by atoms with Crippen molar-refractivity contribution in [2.24, 2.45) is 10.7 Å². The summed E-state index contributed by atoms with van der Waals surface area (Å²) >= 11 is 0. The minimum atomic E-state index is 0.138. The van der Waals surface area contributed by atoms with E-state index in [1.54, 1.807) is 0 Å². The van der Waals surface area contributed by atoms with Gasteiger partial charge in [0.1, 0.15) is 0 Å². The Labute approximate surface area is 76.5 Å². The van der Waals surface area contributed by atoms with Crippen LogP contribution in [0.3, 0.4) is 0 Å². The van der Waals surface area contributed by atoms with E-state index < -0.39 is 0 Å². The van der Waals surface area contributed by atoms with Crippen molar-refractivity contribution in [3.05, 3.63) is 35.9 Å². The molecule has 4 heteroatoms. The second-order valence-corrected chi connectivity index (χ2v) is 2.45. The molecule has 0 fully saturated rings. The van der Waals surface area contributed by atoms with Gasteiger partial charge in [-0.2, -0.15) is 0 Å². The Bertz CT molecular complexity index is 295. The predicted octanol–water partition coefficient (Wildman–Crippen LogP) is 0.247. The van der Waals surface area contributed by atoms with Crippen molar-refractivity contribution in [2.75, 3.05) is 0 Å². The molecule has 0 atom stereocenters. The van der Waals surface area contributed by atoms with Crippen LogP contribution in [0.2, 0.25) is 0 Å². The van der Waals surface area contributed by atoms with E-state index in [9.17, 15) is 4.79 Å². The highest BCUT2D eigenvalue weighted by Crippen LogP contribution is 1.99. The molecule has 13 heavy (non-hydrogen) atoms. The van der Waals surface area contributed by atoms with E-state index in [2.05, 4.69) is 10.3 Å². The van der Waals surface area contributed by atoms with Gasteiger partial charge in [0.05, 0.1) is 6.54 Å². The number of nitrogens with zero attached hydrogens (tertiary/aromatic N) is 1. The summed E-state index contributed by atoms with van der Waals surface area (Å²) in [6.45, 7) is 0.480. The van der Waals surface area contributed by atoms with Crippen molar-refractivity contribution in [3.63, 3.8) is 0 Å². The lowest BCUT2D eigenvalue weighted by atomic mass is 10.2. The molecule has 1 rings (SSSR count). The van der Waals surface area contributed by atoms with Crippen LogP contribution >= 0.6 is 0 Å². The first-order valence-corrected chi connectivity index (χ1v) is 3.87. The van der Waals surface area contributed by atoms with Crippen molar-refractivity contribution in [1.29, 1.82) is 0 Å². The number of aliphatic imine (C=N–C) groups is 1. The quantitative estimate of drug-likeness (QED) is 0.394. The van der Waals surface area contributed by atoms with E-state index in [1.165, 1.54) is 0 Å². The number of hydrogen-bond donors (Lipinski definition) is 2. The third-order valence-electron chi connectivity index (χ3n) is 1.48. The Kier molecular flexibility index (Phi) is 3.50. The van der Waals surface area contributed by atoms with Crippen LogP contribution in [-0.4, -0.2) is 12.4 Å². The van der Waals surface area contributed by atoms with Crippen LogP contribution in [0.5, 0.6) is 0 Å². The maximum absolute atomic E-state index is 9.95. The van der Waals surface area contributed by atoms with Gasteiger partial charge in [-0.25, -0.2) is 4.99 Å². The monoisotopic (exact) mass is 177 g/mol. The number of nitrogens with one attached hydrogen (secondary N) is 1. The SMILES string of the molecule is NC(=NCc1ccccc1)NC=O. The molecule has 0 radical (unpaired) electrons. The van der Waals surface area contributed by atoms with Gasteiger partial charge in [0.15, 0.2) is 5.96 Å². The summed E-state index contributed by atoms with van der Waals surface area (Å²) in [4.78, 5) is 13.9. The molecule has 0 saturated carbocycles. The molecule has 1 amide bonds. The van der Waals surface area contributed by atoms with Gasteiger partial charge in [-0.1, -0.05) is 30.3 Å². The minimum Gasteiger partial charge on any atom is -0.370 e. The normalized spacial score (nSPS) is 10.9. The lowest BCUT2D eigenvalue weighted by molar-refractivity contribution is -0.108. The molecule has 0 aromatic heterocycles. The molecule has 0 bridgehead atoms. The molecule has 68 valence electrons. The summed E-state index contributed by atoms with van der Waals surface area (Å²) in [7, 11) is 0. The first-order chi connectivity index (χ1) is 6.33. The second-order valence-electron chi connectivity index (χ2n) is 2.45. The van der Waals surface area contributed by atoms with Crippen LogP contribution < -0.4 is 11.1 Å². The summed E-state index contributed by atoms with van der Waals surface area (Å²) in [5, 5.41) is 2.26. The van der Waals surface area contributed by atoms with Gasteiger partial charge < -0.3 is 5.73 Å². The van der Waals surface area contributed by atoms with E-state index >= 15 is 0 Å². The highest BCUT2D eigenvalue weighted by molar-refractivity contribution is 5.87. The fraction of sp³-hybridized carbons (Fsp3) is 0.111. The zero-order chi connectivity index (χ0) is 9.52. The molecular formula is C9H11N3O. The topological polar surface area (TPSA) is 67.5 Å². The average Bonchev–Trinajstić information content (AvgIpc) is 2.17. The summed E-state index contributed by atoms with van der Waals surface area (Å²) in [5.74, 6) is 0.138. The molecule has 1 aromatic rings. The summed E-state index contributed by atoms with van der Waals surface area (Å²) in [5.41, 5.74) is 6.39. The fourth-order valence-electron chi connectivity index (χ4n) is 0.866. The van der Waals surface area contributed by atoms with Crippen molar-refractivity contribution >= 4 is 12.4 Å². The Balaban J connectivity index is 2.51. The number of benzene rings is 1. The maximum Gasteiger partial charge on any atom is 0.213 e. The number of guanidine groups is 1. The first-order valence-electron chi connectivity index (χ1n) is 3.87. The van der Waals surface area contributed by atoms with Crippen molar-refractivity contribution in [2.45, 2.75) is 6.54 Å². The van der Waals surface area contributed by atoms with Gasteiger partial charge in [-0.15, -0.1) is 0 Å². The summed E-state index contributed by atoms with van der Waals surface area (Å²) in [6.07, 6.45) is 0.504. The number of amides is 1. The van der Waals surface area contributed by atoms with Crippen molar-refractivity contribution < 1.29 is 4.79 Å².